The number of nitrogens with two attached hydrogens (primary N) is 1. The lowest BCUT2D eigenvalue weighted by molar-refractivity contribution is 0.0945. The van der Waals surface area contributed by atoms with E-state index in [1.54, 1.807) is 35.0 Å². The fourth-order valence-electron chi connectivity index (χ4n) is 3.00. The molecule has 4 N–H and O–H groups in total. The zero-order chi connectivity index (χ0) is 21.0. The fraction of sp³-hybridized carbons (Fsp3) is 0.190. The van der Waals surface area contributed by atoms with Crippen LogP contribution in [0.1, 0.15) is 32.7 Å². The van der Waals surface area contributed by atoms with Crippen LogP contribution in [0.15, 0.2) is 42.5 Å². The van der Waals surface area contributed by atoms with Crippen molar-refractivity contribution in [3.05, 3.63) is 75.4 Å². The van der Waals surface area contributed by atoms with E-state index < -0.39 is 0 Å². The number of carbonyl (C=O) groups excluding carboxylic acids is 1. The Bertz CT molecular complexity index is 1080. The van der Waals surface area contributed by atoms with Crippen LogP contribution in [0.4, 0.5) is 5.82 Å². The highest BCUT2D eigenvalue weighted by atomic mass is 35.5. The van der Waals surface area contributed by atoms with Crippen LogP contribution in [0.2, 0.25) is 5.02 Å². The molecule has 0 atom stereocenters. The number of nitrogen functional groups attached to an aromatic ring is 1. The maximum absolute atomic E-state index is 11.9. The van der Waals surface area contributed by atoms with Gasteiger partial charge in [0, 0.05) is 29.8 Å². The van der Waals surface area contributed by atoms with Crippen LogP contribution >= 0.6 is 11.6 Å². The first-order chi connectivity index (χ1) is 13.9. The number of anilines is 1. The number of hydrogen-bond acceptors (Lipinski definition) is 5. The molecule has 0 radical (unpaired) electrons. The van der Waals surface area contributed by atoms with Crippen LogP contribution in [0.3, 0.4) is 0 Å². The molecular weight excluding hydrogens is 390 g/mol. The number of hydrogen-bond donors (Lipinski definition) is 3. The van der Waals surface area contributed by atoms with E-state index in [9.17, 15) is 4.79 Å². The second kappa shape index (κ2) is 8.78. The summed E-state index contributed by atoms with van der Waals surface area (Å²) in [5, 5.41) is 25.2. The van der Waals surface area contributed by atoms with Crippen molar-refractivity contribution in [3.63, 3.8) is 0 Å². The van der Waals surface area contributed by atoms with E-state index >= 15 is 0 Å². The fourth-order valence-corrected chi connectivity index (χ4v) is 3.22. The lowest BCUT2D eigenvalue weighted by atomic mass is 10.0. The zero-order valence-electron chi connectivity index (χ0n) is 15.8. The highest BCUT2D eigenvalue weighted by Crippen LogP contribution is 2.25. The molecule has 0 aliphatic carbocycles. The normalized spacial score (nSPS) is 10.6. The van der Waals surface area contributed by atoms with E-state index in [1.165, 1.54) is 0 Å². The molecule has 2 aromatic carbocycles. The summed E-state index contributed by atoms with van der Waals surface area (Å²) >= 11 is 6.14. The third-order valence-electron chi connectivity index (χ3n) is 4.58. The van der Waals surface area contributed by atoms with Crippen molar-refractivity contribution >= 4 is 23.3 Å². The maximum Gasteiger partial charge on any atom is 0.251 e. The molecule has 3 rings (SSSR count). The lowest BCUT2D eigenvalue weighted by Gasteiger charge is -2.07. The summed E-state index contributed by atoms with van der Waals surface area (Å²) in [6.45, 7) is 2.03. The van der Waals surface area contributed by atoms with Crippen molar-refractivity contribution in [1.82, 2.24) is 15.1 Å². The van der Waals surface area contributed by atoms with Crippen LogP contribution in [0.25, 0.3) is 5.69 Å². The third kappa shape index (κ3) is 4.40. The molecule has 0 fully saturated rings. The van der Waals surface area contributed by atoms with E-state index in [4.69, 9.17) is 27.7 Å². The van der Waals surface area contributed by atoms with Crippen LogP contribution in [-0.4, -0.2) is 33.9 Å². The smallest absolute Gasteiger partial charge is 0.251 e. The van der Waals surface area contributed by atoms with E-state index in [2.05, 4.69) is 10.4 Å². The summed E-state index contributed by atoms with van der Waals surface area (Å²) in [7, 11) is 0. The van der Waals surface area contributed by atoms with E-state index in [0.717, 1.165) is 22.5 Å². The van der Waals surface area contributed by atoms with Crippen molar-refractivity contribution in [1.29, 1.82) is 5.26 Å². The second-order valence-corrected chi connectivity index (χ2v) is 6.90. The Balaban J connectivity index is 1.83. The van der Waals surface area contributed by atoms with Gasteiger partial charge in [-0.15, -0.1) is 0 Å². The topological polar surface area (TPSA) is 117 Å². The highest BCUT2D eigenvalue weighted by molar-refractivity contribution is 6.31. The molecule has 148 valence electrons. The molecule has 8 heteroatoms. The number of rotatable bonds is 6. The Morgan fingerprint density at radius 2 is 2.03 bits per heavy atom. The van der Waals surface area contributed by atoms with Gasteiger partial charge in [-0.05, 0) is 42.8 Å². The van der Waals surface area contributed by atoms with Gasteiger partial charge in [0.05, 0.1) is 22.9 Å². The van der Waals surface area contributed by atoms with Crippen molar-refractivity contribution in [2.24, 2.45) is 0 Å². The van der Waals surface area contributed by atoms with Gasteiger partial charge in [0.15, 0.2) is 0 Å². The highest BCUT2D eigenvalue weighted by Gasteiger charge is 2.15. The van der Waals surface area contributed by atoms with Crippen LogP contribution in [0.5, 0.6) is 0 Å². The number of nitrogens with one attached hydrogen (secondary N) is 1. The Hall–Kier alpha value is -3.34. The summed E-state index contributed by atoms with van der Waals surface area (Å²) in [6.07, 6.45) is 0.556. The summed E-state index contributed by atoms with van der Waals surface area (Å²) in [5.41, 5.74) is 10.5. The monoisotopic (exact) mass is 409 g/mol. The average molecular weight is 410 g/mol. The molecule has 1 amide bonds. The largest absolute Gasteiger partial charge is 0.395 e. The first-order valence-corrected chi connectivity index (χ1v) is 9.34. The van der Waals surface area contributed by atoms with Crippen molar-refractivity contribution in [2.45, 2.75) is 13.3 Å². The van der Waals surface area contributed by atoms with Gasteiger partial charge in [-0.3, -0.25) is 4.79 Å². The Labute approximate surface area is 173 Å². The first-order valence-electron chi connectivity index (χ1n) is 8.96. The molecule has 0 unspecified atom stereocenters. The van der Waals surface area contributed by atoms with Gasteiger partial charge in [0.1, 0.15) is 11.9 Å². The van der Waals surface area contributed by atoms with Gasteiger partial charge in [-0.2, -0.15) is 10.4 Å². The van der Waals surface area contributed by atoms with Gasteiger partial charge in [0.25, 0.3) is 5.91 Å². The molecule has 0 aliphatic rings. The third-order valence-corrected chi connectivity index (χ3v) is 4.90. The number of benzene rings is 2. The van der Waals surface area contributed by atoms with Crippen LogP contribution < -0.4 is 11.1 Å². The number of aliphatic hydroxyl groups is 1. The molecule has 0 aliphatic heterocycles. The minimum absolute atomic E-state index is 0.100. The zero-order valence-corrected chi connectivity index (χ0v) is 16.6. The number of aliphatic hydroxyl groups excluding tert-OH is 1. The molecule has 1 heterocycles. The first kappa shape index (κ1) is 20.4. The van der Waals surface area contributed by atoms with E-state index in [1.807, 2.05) is 25.1 Å². The standard InChI is InChI=1S/C21H20ClN5O2/c1-13-18(10-14-2-4-15(5-3-14)21(29)25-8-9-28)20(24)26-27(13)17-7-6-16(12-23)19(22)11-17/h2-7,11,28H,8-10H2,1H3,(H2,24,26)(H,25,29). The number of nitrogens with zero attached hydrogens (tertiary/aromatic N) is 3. The van der Waals surface area contributed by atoms with E-state index in [-0.39, 0.29) is 19.1 Å². The summed E-state index contributed by atoms with van der Waals surface area (Å²) < 4.78 is 1.70. The van der Waals surface area contributed by atoms with Crippen LogP contribution in [0, 0.1) is 18.3 Å². The Morgan fingerprint density at radius 3 is 2.66 bits per heavy atom. The second-order valence-electron chi connectivity index (χ2n) is 6.49. The predicted octanol–water partition coefficient (Wildman–Crippen LogP) is 2.60. The van der Waals surface area contributed by atoms with Gasteiger partial charge in [0.2, 0.25) is 0 Å². The number of carbonyl (C=O) groups is 1. The summed E-state index contributed by atoms with van der Waals surface area (Å²) in [4.78, 5) is 11.9. The molecule has 0 saturated heterocycles. The number of aromatic nitrogens is 2. The van der Waals surface area contributed by atoms with Crippen molar-refractivity contribution in [3.8, 4) is 11.8 Å². The number of halogens is 1. The molecule has 7 nitrogen and oxygen atoms in total. The van der Waals surface area contributed by atoms with Crippen molar-refractivity contribution < 1.29 is 9.90 Å². The maximum atomic E-state index is 11.9. The minimum Gasteiger partial charge on any atom is -0.395 e. The predicted molar refractivity (Wildman–Crippen MR) is 111 cm³/mol. The molecular formula is C21H20ClN5O2. The molecule has 0 spiro atoms. The van der Waals surface area contributed by atoms with Gasteiger partial charge in [-0.25, -0.2) is 4.68 Å². The van der Waals surface area contributed by atoms with Gasteiger partial charge in [-0.1, -0.05) is 23.7 Å². The Morgan fingerprint density at radius 1 is 1.31 bits per heavy atom. The quantitative estimate of drug-likeness (QED) is 0.578. The van der Waals surface area contributed by atoms with Crippen molar-refractivity contribution in [2.75, 3.05) is 18.9 Å². The lowest BCUT2D eigenvalue weighted by Crippen LogP contribution is -2.26. The Kier molecular flexibility index (Phi) is 6.17. The SMILES string of the molecule is Cc1c(Cc2ccc(C(=O)NCCO)cc2)c(N)nn1-c1ccc(C#N)c(Cl)c1. The summed E-state index contributed by atoms with van der Waals surface area (Å²) in [5.74, 6) is 0.180. The number of nitriles is 1. The molecule has 0 saturated carbocycles. The minimum atomic E-state index is -0.230. The molecule has 3 aromatic rings. The summed E-state index contributed by atoms with van der Waals surface area (Å²) in [6, 6.07) is 14.3. The van der Waals surface area contributed by atoms with E-state index in [0.29, 0.717) is 28.4 Å². The number of amides is 1. The molecule has 29 heavy (non-hydrogen) atoms. The van der Waals surface area contributed by atoms with Gasteiger partial charge < -0.3 is 16.2 Å². The van der Waals surface area contributed by atoms with Crippen LogP contribution in [-0.2, 0) is 6.42 Å². The molecule has 0 bridgehead atoms. The average Bonchev–Trinajstić information content (AvgIpc) is 3.00. The molecule has 1 aromatic heterocycles. The van der Waals surface area contributed by atoms with Gasteiger partial charge >= 0.3 is 0 Å².